The second-order valence-electron chi connectivity index (χ2n) is 6.76. The fourth-order valence-corrected chi connectivity index (χ4v) is 2.68. The monoisotopic (exact) mass is 455 g/mol. The van der Waals surface area contributed by atoms with E-state index in [4.69, 9.17) is 9.47 Å². The Bertz CT molecular complexity index is 359. The van der Waals surface area contributed by atoms with Gasteiger partial charge in [0, 0.05) is 44.9 Å². The average molecular weight is 455 g/mol. The van der Waals surface area contributed by atoms with E-state index in [9.17, 15) is 5.11 Å². The number of nitrogens with one attached hydrogen (secondary N) is 2. The van der Waals surface area contributed by atoms with Gasteiger partial charge in [-0.2, -0.15) is 0 Å². The molecule has 0 spiro atoms. The Kier molecular flexibility index (Phi) is 11.2. The first-order chi connectivity index (χ1) is 11.3. The van der Waals surface area contributed by atoms with E-state index in [1.54, 1.807) is 0 Å². The Morgan fingerprint density at radius 2 is 2.04 bits per heavy atom. The van der Waals surface area contributed by atoms with Crippen molar-refractivity contribution < 1.29 is 14.6 Å². The number of ether oxygens (including phenoxy) is 2. The van der Waals surface area contributed by atoms with E-state index in [0.29, 0.717) is 12.5 Å². The Hall–Kier alpha value is -0.120. The van der Waals surface area contributed by atoms with Gasteiger partial charge in [-0.15, -0.1) is 24.0 Å². The van der Waals surface area contributed by atoms with Crippen LogP contribution < -0.4 is 10.6 Å². The first-order valence-electron chi connectivity index (χ1n) is 9.06. The fraction of sp³-hybridized carbons (Fsp3) is 0.941. The van der Waals surface area contributed by atoms with Gasteiger partial charge in [0.05, 0.1) is 13.2 Å². The standard InChI is InChI=1S/C17H33N3O3.HI/c1-2-18-16(20-13-17(14-21)6-7-17)19-8-3-9-23-12-15-4-10-22-11-5-15;/h15,21H,2-14H2,1H3,(H2,18,19,20);1H. The first kappa shape index (κ1) is 21.9. The van der Waals surface area contributed by atoms with E-state index < -0.39 is 0 Å². The van der Waals surface area contributed by atoms with E-state index in [-0.39, 0.29) is 36.0 Å². The molecule has 3 N–H and O–H groups in total. The largest absolute Gasteiger partial charge is 0.396 e. The predicted molar refractivity (Wildman–Crippen MR) is 107 cm³/mol. The Morgan fingerprint density at radius 1 is 1.29 bits per heavy atom. The van der Waals surface area contributed by atoms with Crippen molar-refractivity contribution in [2.75, 3.05) is 52.7 Å². The summed E-state index contributed by atoms with van der Waals surface area (Å²) in [7, 11) is 0. The minimum Gasteiger partial charge on any atom is -0.396 e. The Morgan fingerprint density at radius 3 is 2.67 bits per heavy atom. The highest BCUT2D eigenvalue weighted by atomic mass is 127. The number of hydrogen-bond acceptors (Lipinski definition) is 4. The number of guanidine groups is 1. The van der Waals surface area contributed by atoms with Crippen LogP contribution in [0.15, 0.2) is 4.99 Å². The second-order valence-corrected chi connectivity index (χ2v) is 6.76. The molecule has 7 heteroatoms. The number of hydrogen-bond donors (Lipinski definition) is 3. The van der Waals surface area contributed by atoms with Crippen LogP contribution in [0, 0.1) is 11.3 Å². The smallest absolute Gasteiger partial charge is 0.191 e. The summed E-state index contributed by atoms with van der Waals surface area (Å²) in [5, 5.41) is 15.9. The zero-order valence-electron chi connectivity index (χ0n) is 14.9. The van der Waals surface area contributed by atoms with Crippen LogP contribution >= 0.6 is 24.0 Å². The molecular formula is C17H34IN3O3. The first-order valence-corrected chi connectivity index (χ1v) is 9.06. The van der Waals surface area contributed by atoms with E-state index in [2.05, 4.69) is 22.5 Å². The van der Waals surface area contributed by atoms with Crippen molar-refractivity contribution in [1.82, 2.24) is 10.6 Å². The van der Waals surface area contributed by atoms with Gasteiger partial charge in [-0.25, -0.2) is 0 Å². The number of nitrogens with zero attached hydrogens (tertiary/aromatic N) is 1. The van der Waals surface area contributed by atoms with Gasteiger partial charge in [0.25, 0.3) is 0 Å². The highest BCUT2D eigenvalue weighted by Gasteiger charge is 2.41. The third-order valence-electron chi connectivity index (χ3n) is 4.66. The fourth-order valence-electron chi connectivity index (χ4n) is 2.68. The van der Waals surface area contributed by atoms with Gasteiger partial charge in [0.2, 0.25) is 0 Å². The molecule has 2 aliphatic rings. The van der Waals surface area contributed by atoms with Gasteiger partial charge in [-0.3, -0.25) is 4.99 Å². The number of rotatable bonds is 10. The number of aliphatic imine (C=N–C) groups is 1. The lowest BCUT2D eigenvalue weighted by atomic mass is 10.0. The molecule has 1 heterocycles. The molecule has 2 fully saturated rings. The minimum absolute atomic E-state index is 0. The van der Waals surface area contributed by atoms with Crippen molar-refractivity contribution in [1.29, 1.82) is 0 Å². The maximum Gasteiger partial charge on any atom is 0.191 e. The molecule has 0 unspecified atom stereocenters. The van der Waals surface area contributed by atoms with Crippen molar-refractivity contribution >= 4 is 29.9 Å². The Balaban J connectivity index is 0.00000288. The normalized spacial score (nSPS) is 20.3. The number of halogens is 1. The average Bonchev–Trinajstić information content (AvgIpc) is 3.37. The summed E-state index contributed by atoms with van der Waals surface area (Å²) in [6, 6.07) is 0. The van der Waals surface area contributed by atoms with Crippen molar-refractivity contribution in [2.24, 2.45) is 16.3 Å². The zero-order valence-corrected chi connectivity index (χ0v) is 17.2. The van der Waals surface area contributed by atoms with Gasteiger partial charge in [0.15, 0.2) is 5.96 Å². The minimum atomic E-state index is 0. The topological polar surface area (TPSA) is 75.1 Å². The molecule has 142 valence electrons. The quantitative estimate of drug-likeness (QED) is 0.203. The summed E-state index contributed by atoms with van der Waals surface area (Å²) >= 11 is 0. The molecular weight excluding hydrogens is 421 g/mol. The van der Waals surface area contributed by atoms with E-state index >= 15 is 0 Å². The van der Waals surface area contributed by atoms with Crippen molar-refractivity contribution in [3.8, 4) is 0 Å². The molecule has 0 aromatic heterocycles. The summed E-state index contributed by atoms with van der Waals surface area (Å²) in [6.45, 7) is 8.12. The summed E-state index contributed by atoms with van der Waals surface area (Å²) in [5.41, 5.74) is 0.0647. The van der Waals surface area contributed by atoms with Crippen LogP contribution in [-0.2, 0) is 9.47 Å². The predicted octanol–water partition coefficient (Wildman–Crippen LogP) is 1.77. The summed E-state index contributed by atoms with van der Waals surface area (Å²) < 4.78 is 11.1. The van der Waals surface area contributed by atoms with Gasteiger partial charge >= 0.3 is 0 Å². The molecule has 0 aromatic carbocycles. The third kappa shape index (κ3) is 8.31. The maximum absolute atomic E-state index is 9.35. The lowest BCUT2D eigenvalue weighted by Crippen LogP contribution is -2.38. The third-order valence-corrected chi connectivity index (χ3v) is 4.66. The van der Waals surface area contributed by atoms with E-state index in [1.807, 2.05) is 0 Å². The highest BCUT2D eigenvalue weighted by Crippen LogP contribution is 2.45. The molecule has 1 aliphatic heterocycles. The zero-order chi connectivity index (χ0) is 16.4. The molecule has 0 bridgehead atoms. The van der Waals surface area contributed by atoms with Crippen LogP contribution in [0.3, 0.4) is 0 Å². The molecule has 1 aliphatic carbocycles. The van der Waals surface area contributed by atoms with Gasteiger partial charge in [-0.05, 0) is 44.9 Å². The van der Waals surface area contributed by atoms with Crippen molar-refractivity contribution in [3.05, 3.63) is 0 Å². The second kappa shape index (κ2) is 12.3. The SMILES string of the molecule is CCNC(=NCC1(CO)CC1)NCCCOCC1CCOCC1.I. The van der Waals surface area contributed by atoms with Crippen LogP contribution in [0.2, 0.25) is 0 Å². The van der Waals surface area contributed by atoms with Crippen LogP contribution in [0.5, 0.6) is 0 Å². The maximum atomic E-state index is 9.35. The van der Waals surface area contributed by atoms with Crippen LogP contribution in [-0.4, -0.2) is 63.7 Å². The molecule has 0 radical (unpaired) electrons. The number of aliphatic hydroxyl groups is 1. The molecule has 24 heavy (non-hydrogen) atoms. The van der Waals surface area contributed by atoms with E-state index in [0.717, 1.165) is 77.6 Å². The lowest BCUT2D eigenvalue weighted by Gasteiger charge is -2.21. The summed E-state index contributed by atoms with van der Waals surface area (Å²) in [4.78, 5) is 4.59. The van der Waals surface area contributed by atoms with Crippen LogP contribution in [0.25, 0.3) is 0 Å². The number of aliphatic hydroxyl groups excluding tert-OH is 1. The molecule has 2 rings (SSSR count). The summed E-state index contributed by atoms with van der Waals surface area (Å²) in [5.74, 6) is 1.51. The van der Waals surface area contributed by atoms with E-state index in [1.165, 1.54) is 0 Å². The van der Waals surface area contributed by atoms with Crippen LogP contribution in [0.4, 0.5) is 0 Å². The summed E-state index contributed by atoms with van der Waals surface area (Å²) in [6.07, 6.45) is 5.40. The van der Waals surface area contributed by atoms with Crippen molar-refractivity contribution in [2.45, 2.75) is 39.0 Å². The molecule has 1 saturated heterocycles. The van der Waals surface area contributed by atoms with Gasteiger partial charge in [-0.1, -0.05) is 0 Å². The Labute approximate surface area is 163 Å². The molecule has 0 aromatic rings. The molecule has 0 amide bonds. The molecule has 1 saturated carbocycles. The van der Waals surface area contributed by atoms with Crippen molar-refractivity contribution in [3.63, 3.8) is 0 Å². The highest BCUT2D eigenvalue weighted by molar-refractivity contribution is 14.0. The molecule has 6 nitrogen and oxygen atoms in total. The van der Waals surface area contributed by atoms with Gasteiger partial charge in [0.1, 0.15) is 0 Å². The lowest BCUT2D eigenvalue weighted by molar-refractivity contribution is 0.0203. The van der Waals surface area contributed by atoms with Crippen LogP contribution in [0.1, 0.15) is 39.0 Å². The van der Waals surface area contributed by atoms with Gasteiger partial charge < -0.3 is 25.2 Å². The molecule has 0 atom stereocenters.